The van der Waals surface area contributed by atoms with Crippen LogP contribution in [0.1, 0.15) is 15.9 Å². The minimum absolute atomic E-state index is 0.256. The second-order valence-electron chi connectivity index (χ2n) is 5.58. The van der Waals surface area contributed by atoms with E-state index in [0.29, 0.717) is 32.6 Å². The molecule has 0 fully saturated rings. The van der Waals surface area contributed by atoms with Crippen LogP contribution < -0.4 is 15.8 Å². The van der Waals surface area contributed by atoms with Crippen molar-refractivity contribution >= 4 is 46.0 Å². The number of halogens is 2. The Morgan fingerprint density at radius 2 is 1.62 bits per heavy atom. The van der Waals surface area contributed by atoms with Crippen molar-refractivity contribution in [2.24, 2.45) is 0 Å². The van der Waals surface area contributed by atoms with Gasteiger partial charge in [-0.05, 0) is 48.5 Å². The van der Waals surface area contributed by atoms with E-state index in [1.165, 1.54) is 7.11 Å². The number of nitrogen functional groups attached to an aromatic ring is 1. The number of methoxy groups -OCH3 is 1. The van der Waals surface area contributed by atoms with Crippen LogP contribution in [0, 0.1) is 0 Å². The lowest BCUT2D eigenvalue weighted by atomic mass is 10.0. The van der Waals surface area contributed by atoms with Crippen molar-refractivity contribution in [3.05, 3.63) is 81.8 Å². The van der Waals surface area contributed by atoms with E-state index in [-0.39, 0.29) is 5.78 Å². The Bertz CT molecular complexity index is 974. The molecule has 0 saturated carbocycles. The first kappa shape index (κ1) is 18.1. The molecule has 3 rings (SSSR count). The molecule has 3 aromatic carbocycles. The van der Waals surface area contributed by atoms with Crippen LogP contribution in [0.15, 0.2) is 60.7 Å². The minimum atomic E-state index is -0.256. The van der Waals surface area contributed by atoms with Gasteiger partial charge in [0.25, 0.3) is 0 Å². The van der Waals surface area contributed by atoms with Crippen molar-refractivity contribution in [2.45, 2.75) is 0 Å². The number of para-hydroxylation sites is 2. The van der Waals surface area contributed by atoms with Crippen molar-refractivity contribution in [3.8, 4) is 5.75 Å². The fourth-order valence-electron chi connectivity index (χ4n) is 2.50. The number of benzene rings is 3. The quantitative estimate of drug-likeness (QED) is 0.445. The first-order valence-electron chi connectivity index (χ1n) is 7.79. The molecule has 0 spiro atoms. The van der Waals surface area contributed by atoms with Gasteiger partial charge in [0, 0.05) is 16.8 Å². The Balaban J connectivity index is 1.88. The number of carbonyl (C=O) groups is 1. The van der Waals surface area contributed by atoms with Crippen LogP contribution in [0.2, 0.25) is 10.0 Å². The average molecular weight is 387 g/mol. The van der Waals surface area contributed by atoms with E-state index in [2.05, 4.69) is 5.32 Å². The van der Waals surface area contributed by atoms with Crippen LogP contribution in [0.5, 0.6) is 5.75 Å². The van der Waals surface area contributed by atoms with Gasteiger partial charge in [0.05, 0.1) is 28.5 Å². The SMILES string of the molecule is COc1ccc(C(=O)c2ccc(Nc3ccccc3N)cc2Cl)c(Cl)c1. The van der Waals surface area contributed by atoms with Crippen LogP contribution in [-0.2, 0) is 0 Å². The van der Waals surface area contributed by atoms with Crippen molar-refractivity contribution in [2.75, 3.05) is 18.2 Å². The number of anilines is 3. The normalized spacial score (nSPS) is 10.4. The smallest absolute Gasteiger partial charge is 0.196 e. The number of ether oxygens (including phenoxy) is 1. The lowest BCUT2D eigenvalue weighted by Gasteiger charge is -2.12. The standard InChI is InChI=1S/C20H16Cl2N2O2/c1-26-13-7-9-15(17(22)11-13)20(25)14-8-6-12(10-16(14)21)24-19-5-3-2-4-18(19)23/h2-11,24H,23H2,1H3. The predicted molar refractivity (Wildman–Crippen MR) is 107 cm³/mol. The molecule has 132 valence electrons. The molecule has 0 amide bonds. The summed E-state index contributed by atoms with van der Waals surface area (Å²) in [4.78, 5) is 12.8. The van der Waals surface area contributed by atoms with Gasteiger partial charge < -0.3 is 15.8 Å². The van der Waals surface area contributed by atoms with Crippen molar-refractivity contribution in [1.29, 1.82) is 0 Å². The fraction of sp³-hybridized carbons (Fsp3) is 0.0500. The van der Waals surface area contributed by atoms with Gasteiger partial charge in [-0.1, -0.05) is 35.3 Å². The third-order valence-electron chi connectivity index (χ3n) is 3.87. The first-order valence-corrected chi connectivity index (χ1v) is 8.54. The summed E-state index contributed by atoms with van der Waals surface area (Å²) in [6.45, 7) is 0. The molecule has 0 saturated heterocycles. The largest absolute Gasteiger partial charge is 0.497 e. The summed E-state index contributed by atoms with van der Waals surface area (Å²) in [6.07, 6.45) is 0. The number of rotatable bonds is 5. The van der Waals surface area contributed by atoms with E-state index < -0.39 is 0 Å². The van der Waals surface area contributed by atoms with Crippen molar-refractivity contribution in [1.82, 2.24) is 0 Å². The first-order chi connectivity index (χ1) is 12.5. The highest BCUT2D eigenvalue weighted by atomic mass is 35.5. The Kier molecular flexibility index (Phi) is 5.35. The van der Waals surface area contributed by atoms with E-state index in [0.717, 1.165) is 11.4 Å². The summed E-state index contributed by atoms with van der Waals surface area (Å²) in [6, 6.07) is 17.4. The van der Waals surface area contributed by atoms with Crippen LogP contribution in [0.25, 0.3) is 0 Å². The zero-order valence-electron chi connectivity index (χ0n) is 13.9. The minimum Gasteiger partial charge on any atom is -0.497 e. The van der Waals surface area contributed by atoms with Crippen molar-refractivity contribution < 1.29 is 9.53 Å². The summed E-state index contributed by atoms with van der Waals surface area (Å²) in [5, 5.41) is 3.81. The number of ketones is 1. The van der Waals surface area contributed by atoms with Crippen LogP contribution >= 0.6 is 23.2 Å². The Labute approximate surface area is 161 Å². The second kappa shape index (κ2) is 7.68. The Hall–Kier alpha value is -2.69. The zero-order valence-corrected chi connectivity index (χ0v) is 15.4. The average Bonchev–Trinajstić information content (AvgIpc) is 2.63. The fourth-order valence-corrected chi connectivity index (χ4v) is 3.02. The number of hydrogen-bond acceptors (Lipinski definition) is 4. The Morgan fingerprint density at radius 1 is 0.962 bits per heavy atom. The third-order valence-corrected chi connectivity index (χ3v) is 4.50. The number of nitrogens with two attached hydrogens (primary N) is 1. The van der Waals surface area contributed by atoms with E-state index >= 15 is 0 Å². The van der Waals surface area contributed by atoms with Crippen LogP contribution in [0.3, 0.4) is 0 Å². The maximum absolute atomic E-state index is 12.8. The molecule has 0 bridgehead atoms. The molecule has 0 aromatic heterocycles. The summed E-state index contributed by atoms with van der Waals surface area (Å²) >= 11 is 12.5. The molecule has 4 nitrogen and oxygen atoms in total. The van der Waals surface area contributed by atoms with Gasteiger partial charge in [-0.15, -0.1) is 0 Å². The summed E-state index contributed by atoms with van der Waals surface area (Å²) in [7, 11) is 1.54. The molecule has 0 atom stereocenters. The zero-order chi connectivity index (χ0) is 18.7. The molecule has 0 aliphatic rings. The molecule has 0 heterocycles. The highest BCUT2D eigenvalue weighted by Gasteiger charge is 2.17. The van der Waals surface area contributed by atoms with E-state index in [1.807, 2.05) is 18.2 Å². The van der Waals surface area contributed by atoms with Gasteiger partial charge in [0.2, 0.25) is 0 Å². The molecule has 0 aliphatic heterocycles. The van der Waals surface area contributed by atoms with Gasteiger partial charge in [-0.3, -0.25) is 4.79 Å². The molecule has 0 radical (unpaired) electrons. The number of hydrogen-bond donors (Lipinski definition) is 2. The van der Waals surface area contributed by atoms with E-state index in [9.17, 15) is 4.79 Å². The lowest BCUT2D eigenvalue weighted by Crippen LogP contribution is -2.04. The van der Waals surface area contributed by atoms with E-state index in [4.69, 9.17) is 33.7 Å². The molecule has 6 heteroatoms. The molecular weight excluding hydrogens is 371 g/mol. The van der Waals surface area contributed by atoms with Gasteiger partial charge in [0.1, 0.15) is 5.75 Å². The highest BCUT2D eigenvalue weighted by Crippen LogP contribution is 2.30. The van der Waals surface area contributed by atoms with Gasteiger partial charge in [-0.2, -0.15) is 0 Å². The lowest BCUT2D eigenvalue weighted by molar-refractivity contribution is 0.103. The highest BCUT2D eigenvalue weighted by molar-refractivity contribution is 6.38. The molecule has 0 aliphatic carbocycles. The van der Waals surface area contributed by atoms with Crippen molar-refractivity contribution in [3.63, 3.8) is 0 Å². The topological polar surface area (TPSA) is 64.3 Å². The maximum atomic E-state index is 12.8. The molecule has 3 aromatic rings. The van der Waals surface area contributed by atoms with Crippen LogP contribution in [-0.4, -0.2) is 12.9 Å². The number of nitrogens with one attached hydrogen (secondary N) is 1. The monoisotopic (exact) mass is 386 g/mol. The predicted octanol–water partition coefficient (Wildman–Crippen LogP) is 5.56. The van der Waals surface area contributed by atoms with E-state index in [1.54, 1.807) is 42.5 Å². The maximum Gasteiger partial charge on any atom is 0.196 e. The molecular formula is C20H16Cl2N2O2. The third kappa shape index (κ3) is 3.77. The summed E-state index contributed by atoms with van der Waals surface area (Å²) < 4.78 is 5.10. The molecule has 0 unspecified atom stereocenters. The summed E-state index contributed by atoms with van der Waals surface area (Å²) in [5.74, 6) is 0.325. The molecule has 3 N–H and O–H groups in total. The van der Waals surface area contributed by atoms with Gasteiger partial charge >= 0.3 is 0 Å². The summed E-state index contributed by atoms with van der Waals surface area (Å²) in [5.41, 5.74) is 8.77. The van der Waals surface area contributed by atoms with Crippen LogP contribution in [0.4, 0.5) is 17.1 Å². The van der Waals surface area contributed by atoms with Gasteiger partial charge in [0.15, 0.2) is 5.78 Å². The Morgan fingerprint density at radius 3 is 2.23 bits per heavy atom. The van der Waals surface area contributed by atoms with Gasteiger partial charge in [-0.25, -0.2) is 0 Å². The second-order valence-corrected chi connectivity index (χ2v) is 6.40. The number of carbonyl (C=O) groups excluding carboxylic acids is 1. The molecule has 26 heavy (non-hydrogen) atoms.